The van der Waals surface area contributed by atoms with E-state index in [0.29, 0.717) is 0 Å². The number of rotatable bonds is 4. The van der Waals surface area contributed by atoms with Crippen molar-refractivity contribution >= 4 is 37.2 Å². The molecule has 0 aliphatic rings. The molecule has 6 aromatic rings. The Morgan fingerprint density at radius 3 is 0.792 bits per heavy atom. The summed E-state index contributed by atoms with van der Waals surface area (Å²) in [4.78, 5) is 0. The summed E-state index contributed by atoms with van der Waals surface area (Å²) in [5.74, 6) is 3.53. The molecule has 250 valence electrons. The van der Waals surface area contributed by atoms with Crippen molar-refractivity contribution in [3.63, 3.8) is 0 Å². The van der Waals surface area contributed by atoms with Crippen LogP contribution in [0.25, 0.3) is 0 Å². The smallest absolute Gasteiger partial charge is 0.127 e. The van der Waals surface area contributed by atoms with Gasteiger partial charge in [-0.05, 0) is 109 Å². The number of halogens is 2. The van der Waals surface area contributed by atoms with Gasteiger partial charge in [0.05, 0.1) is 0 Å². The summed E-state index contributed by atoms with van der Waals surface area (Å²) in [5.41, 5.74) is 10.3. The predicted molar refractivity (Wildman–Crippen MR) is 225 cm³/mol. The summed E-state index contributed by atoms with van der Waals surface area (Å²) < 4.78 is 11.4. The van der Waals surface area contributed by atoms with Gasteiger partial charge in [-0.15, -0.1) is 0 Å². The molecule has 0 atom stereocenters. The maximum absolute atomic E-state index is 5.71. The van der Waals surface area contributed by atoms with E-state index in [1.165, 1.54) is 44.5 Å². The van der Waals surface area contributed by atoms with Gasteiger partial charge in [0.1, 0.15) is 23.0 Å². The highest BCUT2D eigenvalue weighted by Crippen LogP contribution is 2.23. The standard InChI is InChI=1S/2C14H14O.2C8H10.I2/c1-11-3-7-13(8-4-11)15-14-9-5-12(2)6-10-14;1-11-6-8-13(9-7-11)15-14-5-3-4-12(2)10-14;1-7-3-5-8(2)6-4-7;1-7-4-3-5-8(2)6-7;1-2/h2*3-10H,1-2H3;2*3-6H,1-2H3;. The highest BCUT2D eigenvalue weighted by molar-refractivity contribution is 15.0. The number of hydrogen-bond donors (Lipinski definition) is 0. The van der Waals surface area contributed by atoms with Gasteiger partial charge in [0.15, 0.2) is 0 Å². The van der Waals surface area contributed by atoms with Crippen LogP contribution in [0.3, 0.4) is 0 Å². The summed E-state index contributed by atoms with van der Waals surface area (Å²) in [7, 11) is 0. The molecule has 0 aromatic heterocycles. The molecule has 6 aromatic carbocycles. The van der Waals surface area contributed by atoms with Crippen LogP contribution in [0.5, 0.6) is 23.0 Å². The maximum atomic E-state index is 5.71. The van der Waals surface area contributed by atoms with E-state index in [-0.39, 0.29) is 0 Å². The molecule has 6 rings (SSSR count). The SMILES string of the molecule is Cc1ccc(C)cc1.Cc1ccc(Oc2ccc(C)cc2)cc1.Cc1ccc(Oc2cccc(C)c2)cc1.Cc1cccc(C)c1.II. The number of hydrogen-bond acceptors (Lipinski definition) is 2. The van der Waals surface area contributed by atoms with Crippen LogP contribution in [0.15, 0.2) is 146 Å². The lowest BCUT2D eigenvalue weighted by molar-refractivity contribution is 0.482. The van der Waals surface area contributed by atoms with Gasteiger partial charge in [0, 0.05) is 37.2 Å². The van der Waals surface area contributed by atoms with Crippen molar-refractivity contribution in [2.24, 2.45) is 0 Å². The lowest BCUT2D eigenvalue weighted by Gasteiger charge is -2.06. The Labute approximate surface area is 312 Å². The van der Waals surface area contributed by atoms with Gasteiger partial charge in [-0.25, -0.2) is 0 Å². The van der Waals surface area contributed by atoms with E-state index in [0.717, 1.165) is 23.0 Å². The highest BCUT2D eigenvalue weighted by Gasteiger charge is 1.97. The second kappa shape index (κ2) is 22.9. The minimum Gasteiger partial charge on any atom is -0.457 e. The van der Waals surface area contributed by atoms with Crippen molar-refractivity contribution in [1.29, 1.82) is 0 Å². The highest BCUT2D eigenvalue weighted by atomic mass is 128. The fraction of sp³-hybridized carbons (Fsp3) is 0.182. The van der Waals surface area contributed by atoms with E-state index in [9.17, 15) is 0 Å². The minimum absolute atomic E-state index is 0.879. The molecule has 0 aliphatic carbocycles. The molecular weight excluding hydrogens is 814 g/mol. The van der Waals surface area contributed by atoms with Crippen LogP contribution in [0.4, 0.5) is 0 Å². The van der Waals surface area contributed by atoms with Crippen molar-refractivity contribution in [3.8, 4) is 23.0 Å². The molecule has 0 saturated carbocycles. The summed E-state index contributed by atoms with van der Waals surface area (Å²) in [6, 6.07) is 49.1. The molecule has 0 N–H and O–H groups in total. The van der Waals surface area contributed by atoms with Crippen LogP contribution in [0, 0.1) is 55.4 Å². The van der Waals surface area contributed by atoms with Crippen LogP contribution >= 0.6 is 37.2 Å². The van der Waals surface area contributed by atoms with Crippen LogP contribution < -0.4 is 9.47 Å². The van der Waals surface area contributed by atoms with Crippen molar-refractivity contribution in [3.05, 3.63) is 190 Å². The van der Waals surface area contributed by atoms with E-state index in [1.54, 1.807) is 0 Å². The van der Waals surface area contributed by atoms with E-state index < -0.39 is 0 Å². The number of benzene rings is 6. The van der Waals surface area contributed by atoms with Gasteiger partial charge in [0.25, 0.3) is 0 Å². The Bertz CT molecular complexity index is 1640. The fourth-order valence-electron chi connectivity index (χ4n) is 4.21. The fourth-order valence-corrected chi connectivity index (χ4v) is 4.21. The Hall–Kier alpha value is -3.62. The third kappa shape index (κ3) is 17.5. The molecule has 4 heteroatoms. The normalized spacial score (nSPS) is 9.46. The Morgan fingerprint density at radius 1 is 0.271 bits per heavy atom. The summed E-state index contributed by atoms with van der Waals surface area (Å²) in [6.07, 6.45) is 0. The zero-order valence-electron chi connectivity index (χ0n) is 29.4. The second-order valence-electron chi connectivity index (χ2n) is 11.8. The van der Waals surface area contributed by atoms with E-state index in [1.807, 2.05) is 91.0 Å². The van der Waals surface area contributed by atoms with Gasteiger partial charge in [0.2, 0.25) is 0 Å². The zero-order valence-corrected chi connectivity index (χ0v) is 33.7. The minimum atomic E-state index is 0.879. The molecule has 0 heterocycles. The van der Waals surface area contributed by atoms with Crippen LogP contribution in [-0.2, 0) is 0 Å². The molecule has 48 heavy (non-hydrogen) atoms. The van der Waals surface area contributed by atoms with E-state index in [2.05, 4.69) is 147 Å². The molecule has 0 radical (unpaired) electrons. The predicted octanol–water partition coefficient (Wildman–Crippen LogP) is 14.6. The molecule has 2 nitrogen and oxygen atoms in total. The van der Waals surface area contributed by atoms with Gasteiger partial charge in [-0.3, -0.25) is 0 Å². The molecule has 0 bridgehead atoms. The first-order valence-corrected chi connectivity index (χ1v) is 22.2. The van der Waals surface area contributed by atoms with Gasteiger partial charge in [-0.2, -0.15) is 0 Å². The third-order valence-corrected chi connectivity index (χ3v) is 6.92. The van der Waals surface area contributed by atoms with Gasteiger partial charge in [-0.1, -0.05) is 136 Å². The van der Waals surface area contributed by atoms with E-state index >= 15 is 0 Å². The lowest BCUT2D eigenvalue weighted by Crippen LogP contribution is -1.84. The third-order valence-electron chi connectivity index (χ3n) is 6.92. The van der Waals surface area contributed by atoms with Crippen molar-refractivity contribution in [2.45, 2.75) is 55.4 Å². The molecule has 0 unspecified atom stereocenters. The van der Waals surface area contributed by atoms with E-state index in [4.69, 9.17) is 9.47 Å². The average molecular weight is 863 g/mol. The first kappa shape index (κ1) is 40.6. The van der Waals surface area contributed by atoms with Crippen molar-refractivity contribution in [1.82, 2.24) is 0 Å². The lowest BCUT2D eigenvalue weighted by atomic mass is 10.2. The summed E-state index contributed by atoms with van der Waals surface area (Å²) >= 11 is 4.24. The number of ether oxygens (including phenoxy) is 2. The first-order chi connectivity index (χ1) is 23.0. The van der Waals surface area contributed by atoms with Crippen molar-refractivity contribution < 1.29 is 9.47 Å². The Morgan fingerprint density at radius 2 is 0.521 bits per heavy atom. The topological polar surface area (TPSA) is 18.5 Å². The first-order valence-electron chi connectivity index (χ1n) is 15.9. The molecule has 0 fully saturated rings. The van der Waals surface area contributed by atoms with Crippen molar-refractivity contribution in [2.75, 3.05) is 0 Å². The largest absolute Gasteiger partial charge is 0.457 e. The summed E-state index contributed by atoms with van der Waals surface area (Å²) in [6.45, 7) is 16.7. The van der Waals surface area contributed by atoms with Crippen LogP contribution in [0.1, 0.15) is 44.5 Å². The van der Waals surface area contributed by atoms with Crippen LogP contribution in [0.2, 0.25) is 0 Å². The Balaban J connectivity index is 0.000000227. The van der Waals surface area contributed by atoms with Gasteiger partial charge < -0.3 is 9.47 Å². The van der Waals surface area contributed by atoms with Gasteiger partial charge >= 0.3 is 0 Å². The quantitative estimate of drug-likeness (QED) is 0.164. The number of aryl methyl sites for hydroxylation is 8. The maximum Gasteiger partial charge on any atom is 0.127 e. The molecule has 0 aliphatic heterocycles. The second-order valence-corrected chi connectivity index (χ2v) is 11.8. The molecular formula is C44H48I2O2. The molecule has 0 saturated heterocycles. The zero-order chi connectivity index (χ0) is 35.3. The summed E-state index contributed by atoms with van der Waals surface area (Å²) in [5, 5.41) is 0. The molecule has 0 amide bonds. The monoisotopic (exact) mass is 862 g/mol. The average Bonchev–Trinajstić information content (AvgIpc) is 3.07. The Kier molecular flexibility index (Phi) is 19.3. The molecule has 0 spiro atoms. The van der Waals surface area contributed by atoms with Crippen LogP contribution in [-0.4, -0.2) is 0 Å².